The number of phenols is 1. The fourth-order valence-electron chi connectivity index (χ4n) is 3.85. The molecule has 0 spiro atoms. The maximum atomic E-state index is 13.5. The quantitative estimate of drug-likeness (QED) is 0.409. The summed E-state index contributed by atoms with van der Waals surface area (Å²) < 4.78 is 0. The number of carbonyl (C=O) groups is 2. The number of carbonyl (C=O) groups excluding carboxylic acids is 2. The Labute approximate surface area is 201 Å². The number of phenolic OH excluding ortho intramolecular Hbond substituents is 1. The molecule has 0 aliphatic rings. The van der Waals surface area contributed by atoms with Crippen molar-refractivity contribution in [2.24, 2.45) is 0 Å². The van der Waals surface area contributed by atoms with Crippen LogP contribution >= 0.6 is 0 Å². The number of nitrogens with zero attached hydrogens (tertiary/aromatic N) is 1. The van der Waals surface area contributed by atoms with Crippen LogP contribution in [0.4, 0.5) is 0 Å². The van der Waals surface area contributed by atoms with E-state index >= 15 is 0 Å². The Hall–Kier alpha value is -3.64. The van der Waals surface area contributed by atoms with Crippen molar-refractivity contribution in [3.8, 4) is 5.75 Å². The number of rotatable bonds is 11. The Morgan fingerprint density at radius 2 is 1.38 bits per heavy atom. The van der Waals surface area contributed by atoms with Crippen LogP contribution in [0.3, 0.4) is 0 Å². The Morgan fingerprint density at radius 3 is 1.91 bits per heavy atom. The molecule has 0 aliphatic heterocycles. The van der Waals surface area contributed by atoms with E-state index in [0.717, 1.165) is 29.7 Å². The van der Waals surface area contributed by atoms with Gasteiger partial charge in [0.25, 0.3) is 0 Å². The Bertz CT molecular complexity index is 998. The van der Waals surface area contributed by atoms with Gasteiger partial charge in [0.05, 0.1) is 5.92 Å². The number of aromatic hydroxyl groups is 1. The lowest BCUT2D eigenvalue weighted by Crippen LogP contribution is -2.48. The van der Waals surface area contributed by atoms with Gasteiger partial charge in [-0.1, -0.05) is 72.8 Å². The van der Waals surface area contributed by atoms with Crippen molar-refractivity contribution in [2.45, 2.75) is 31.3 Å². The lowest BCUT2D eigenvalue weighted by molar-refractivity contribution is -0.129. The van der Waals surface area contributed by atoms with E-state index in [0.29, 0.717) is 13.0 Å². The monoisotopic (exact) mass is 459 g/mol. The molecule has 178 valence electrons. The number of nitrogens with one attached hydrogen (secondary N) is 2. The van der Waals surface area contributed by atoms with E-state index in [1.165, 1.54) is 0 Å². The molecular weight excluding hydrogens is 426 g/mol. The molecule has 0 bridgehead atoms. The highest BCUT2D eigenvalue weighted by Crippen LogP contribution is 2.25. The molecule has 3 aromatic carbocycles. The minimum Gasteiger partial charge on any atom is -0.508 e. The fourth-order valence-corrected chi connectivity index (χ4v) is 3.85. The topological polar surface area (TPSA) is 81.7 Å². The van der Waals surface area contributed by atoms with Gasteiger partial charge in [0, 0.05) is 6.54 Å². The molecule has 1 unspecified atom stereocenters. The number of hydrogen-bond acceptors (Lipinski definition) is 4. The average Bonchev–Trinajstić information content (AvgIpc) is 2.84. The van der Waals surface area contributed by atoms with Gasteiger partial charge in [-0.05, 0) is 62.3 Å². The van der Waals surface area contributed by atoms with Crippen molar-refractivity contribution in [1.29, 1.82) is 0 Å². The van der Waals surface area contributed by atoms with Crippen LogP contribution in [0, 0.1) is 0 Å². The molecule has 0 radical (unpaired) electrons. The van der Waals surface area contributed by atoms with Crippen LogP contribution in [0.1, 0.15) is 35.4 Å². The Morgan fingerprint density at radius 1 is 0.824 bits per heavy atom. The van der Waals surface area contributed by atoms with Gasteiger partial charge in [0.1, 0.15) is 11.8 Å². The molecule has 0 saturated heterocycles. The molecule has 0 saturated carbocycles. The summed E-state index contributed by atoms with van der Waals surface area (Å²) in [5, 5.41) is 15.4. The second-order valence-electron chi connectivity index (χ2n) is 8.65. The molecule has 1 atom stereocenters. The molecule has 3 N–H and O–H groups in total. The predicted octanol–water partition coefficient (Wildman–Crippen LogP) is 3.67. The van der Waals surface area contributed by atoms with Gasteiger partial charge in [-0.25, -0.2) is 0 Å². The summed E-state index contributed by atoms with van der Waals surface area (Å²) in [6.07, 6.45) is 1.30. The van der Waals surface area contributed by atoms with Crippen LogP contribution in [0.15, 0.2) is 84.9 Å². The van der Waals surface area contributed by atoms with Crippen LogP contribution in [-0.4, -0.2) is 48.5 Å². The van der Waals surface area contributed by atoms with Crippen molar-refractivity contribution >= 4 is 11.8 Å². The van der Waals surface area contributed by atoms with Crippen LogP contribution in [0.25, 0.3) is 0 Å². The van der Waals surface area contributed by atoms with Crippen LogP contribution < -0.4 is 10.6 Å². The van der Waals surface area contributed by atoms with Gasteiger partial charge >= 0.3 is 0 Å². The van der Waals surface area contributed by atoms with Gasteiger partial charge in [-0.3, -0.25) is 9.59 Å². The van der Waals surface area contributed by atoms with Crippen molar-refractivity contribution in [1.82, 2.24) is 15.5 Å². The lowest BCUT2D eigenvalue weighted by Gasteiger charge is -2.24. The SMILES string of the molecule is CN(C)CCCC(NC(=O)C(c1ccccc1)c1ccccc1)C(=O)NCc1ccc(O)cc1. The molecule has 0 aliphatic carbocycles. The van der Waals surface area contributed by atoms with Crippen molar-refractivity contribution in [2.75, 3.05) is 20.6 Å². The summed E-state index contributed by atoms with van der Waals surface area (Å²) in [4.78, 5) is 28.7. The zero-order valence-electron chi connectivity index (χ0n) is 19.8. The first-order valence-electron chi connectivity index (χ1n) is 11.5. The molecule has 6 nitrogen and oxygen atoms in total. The van der Waals surface area contributed by atoms with E-state index in [2.05, 4.69) is 15.5 Å². The molecule has 6 heteroatoms. The lowest BCUT2D eigenvalue weighted by atomic mass is 9.90. The molecule has 0 fully saturated rings. The first kappa shape index (κ1) is 25.0. The predicted molar refractivity (Wildman–Crippen MR) is 134 cm³/mol. The number of amides is 2. The Kier molecular flexibility index (Phi) is 9.23. The summed E-state index contributed by atoms with van der Waals surface area (Å²) in [5.41, 5.74) is 2.63. The van der Waals surface area contributed by atoms with E-state index in [1.807, 2.05) is 74.8 Å². The minimum absolute atomic E-state index is 0.178. The molecule has 3 rings (SSSR count). The maximum absolute atomic E-state index is 13.5. The third kappa shape index (κ3) is 7.46. The van der Waals surface area contributed by atoms with Gasteiger partial charge in [-0.15, -0.1) is 0 Å². The third-order valence-electron chi connectivity index (χ3n) is 5.66. The van der Waals surface area contributed by atoms with Crippen LogP contribution in [0.2, 0.25) is 0 Å². The second-order valence-corrected chi connectivity index (χ2v) is 8.65. The van der Waals surface area contributed by atoms with Gasteiger partial charge in [0.2, 0.25) is 11.8 Å². The van der Waals surface area contributed by atoms with Crippen molar-refractivity contribution < 1.29 is 14.7 Å². The van der Waals surface area contributed by atoms with Gasteiger partial charge in [-0.2, -0.15) is 0 Å². The maximum Gasteiger partial charge on any atom is 0.242 e. The summed E-state index contributed by atoms with van der Waals surface area (Å²) in [5.74, 6) is -0.757. The molecule has 0 aromatic heterocycles. The van der Waals surface area contributed by atoms with Crippen LogP contribution in [0.5, 0.6) is 5.75 Å². The zero-order chi connectivity index (χ0) is 24.3. The van der Waals surface area contributed by atoms with E-state index in [1.54, 1.807) is 24.3 Å². The third-order valence-corrected chi connectivity index (χ3v) is 5.66. The Balaban J connectivity index is 1.76. The summed E-state index contributed by atoms with van der Waals surface area (Å²) in [6, 6.07) is 25.3. The highest BCUT2D eigenvalue weighted by atomic mass is 16.3. The zero-order valence-corrected chi connectivity index (χ0v) is 19.8. The van der Waals surface area contributed by atoms with Crippen molar-refractivity contribution in [3.05, 3.63) is 102 Å². The summed E-state index contributed by atoms with van der Waals surface area (Å²) in [7, 11) is 3.97. The number of benzene rings is 3. The normalized spacial score (nSPS) is 11.9. The van der Waals surface area contributed by atoms with Crippen molar-refractivity contribution in [3.63, 3.8) is 0 Å². The fraction of sp³-hybridized carbons (Fsp3) is 0.286. The minimum atomic E-state index is -0.653. The second kappa shape index (κ2) is 12.6. The number of hydrogen-bond donors (Lipinski definition) is 3. The highest BCUT2D eigenvalue weighted by Gasteiger charge is 2.27. The molecule has 2 amide bonds. The van der Waals surface area contributed by atoms with Gasteiger partial charge < -0.3 is 20.6 Å². The van der Waals surface area contributed by atoms with E-state index in [-0.39, 0.29) is 17.6 Å². The molecule has 34 heavy (non-hydrogen) atoms. The molecule has 0 heterocycles. The van der Waals surface area contributed by atoms with Crippen LogP contribution in [-0.2, 0) is 16.1 Å². The van der Waals surface area contributed by atoms with E-state index in [4.69, 9.17) is 0 Å². The largest absolute Gasteiger partial charge is 0.508 e. The molecule has 3 aromatic rings. The molecular formula is C28H33N3O3. The average molecular weight is 460 g/mol. The standard InChI is InChI=1S/C28H33N3O3/c1-31(2)19-9-14-25(27(33)29-20-21-15-17-24(32)18-16-21)30-28(34)26(22-10-5-3-6-11-22)23-12-7-4-8-13-23/h3-8,10-13,15-18,25-26,32H,9,14,19-20H2,1-2H3,(H,29,33)(H,30,34). The van der Waals surface area contributed by atoms with E-state index < -0.39 is 12.0 Å². The highest BCUT2D eigenvalue weighted by molar-refractivity contribution is 5.92. The smallest absolute Gasteiger partial charge is 0.242 e. The van der Waals surface area contributed by atoms with E-state index in [9.17, 15) is 14.7 Å². The summed E-state index contributed by atoms with van der Waals surface area (Å²) in [6.45, 7) is 1.14. The van der Waals surface area contributed by atoms with Gasteiger partial charge in [0.15, 0.2) is 0 Å². The first-order valence-corrected chi connectivity index (χ1v) is 11.5. The first-order chi connectivity index (χ1) is 16.4. The summed E-state index contributed by atoms with van der Waals surface area (Å²) >= 11 is 0.